The molecule has 0 saturated carbocycles. The fourth-order valence-corrected chi connectivity index (χ4v) is 3.94. The van der Waals surface area contributed by atoms with Gasteiger partial charge in [-0.05, 0) is 42.0 Å². The number of carboxylic acids is 1. The Balaban J connectivity index is 1.21. The van der Waals surface area contributed by atoms with Crippen molar-refractivity contribution in [3.63, 3.8) is 0 Å². The van der Waals surface area contributed by atoms with Gasteiger partial charge in [-0.25, -0.2) is 9.78 Å². The Morgan fingerprint density at radius 1 is 0.861 bits per heavy atom. The number of nitrogens with zero attached hydrogens (tertiary/aromatic N) is 2. The molecule has 0 aliphatic heterocycles. The third-order valence-electron chi connectivity index (χ3n) is 5.86. The van der Waals surface area contributed by atoms with E-state index in [-0.39, 0.29) is 6.42 Å². The molecule has 0 radical (unpaired) electrons. The fraction of sp³-hybridized carbons (Fsp3) is 0.103. The monoisotopic (exact) mass is 477 g/mol. The molecule has 0 aliphatic rings. The van der Waals surface area contributed by atoms with E-state index in [1.165, 1.54) is 6.20 Å². The van der Waals surface area contributed by atoms with Crippen molar-refractivity contribution in [2.24, 2.45) is 0 Å². The lowest BCUT2D eigenvalue weighted by Gasteiger charge is -2.15. The number of rotatable bonds is 8. The summed E-state index contributed by atoms with van der Waals surface area (Å²) in [6.07, 6.45) is 1.59. The molecule has 0 fully saturated rings. The number of aromatic nitrogens is 2. The van der Waals surface area contributed by atoms with Crippen LogP contribution in [0.5, 0.6) is 5.75 Å². The van der Waals surface area contributed by atoms with Gasteiger partial charge in [0.1, 0.15) is 18.4 Å². The predicted octanol–water partition coefficient (Wildman–Crippen LogP) is 4.79. The van der Waals surface area contributed by atoms with E-state index >= 15 is 0 Å². The van der Waals surface area contributed by atoms with Crippen molar-refractivity contribution in [3.05, 3.63) is 114 Å². The minimum Gasteiger partial charge on any atom is -0.487 e. The van der Waals surface area contributed by atoms with Gasteiger partial charge in [-0.1, -0.05) is 54.6 Å². The maximum Gasteiger partial charge on any atom is 0.326 e. The molecule has 7 nitrogen and oxygen atoms in total. The molecular formula is C29H23N3O4. The van der Waals surface area contributed by atoms with Crippen molar-refractivity contribution in [3.8, 4) is 5.75 Å². The van der Waals surface area contributed by atoms with Crippen LogP contribution in [0.1, 0.15) is 21.6 Å². The number of ether oxygens (including phenoxy) is 1. The first-order valence-electron chi connectivity index (χ1n) is 11.5. The Bertz CT molecular complexity index is 1550. The maximum absolute atomic E-state index is 12.7. The smallest absolute Gasteiger partial charge is 0.326 e. The number of para-hydroxylation sites is 2. The van der Waals surface area contributed by atoms with Crippen LogP contribution in [0.2, 0.25) is 0 Å². The number of fused-ring (bicyclic) bond motifs is 2. The summed E-state index contributed by atoms with van der Waals surface area (Å²) < 4.78 is 5.85. The first kappa shape index (κ1) is 23.0. The normalized spacial score (nSPS) is 11.8. The van der Waals surface area contributed by atoms with Crippen molar-refractivity contribution in [2.45, 2.75) is 19.1 Å². The van der Waals surface area contributed by atoms with E-state index < -0.39 is 17.9 Å². The predicted molar refractivity (Wildman–Crippen MR) is 137 cm³/mol. The van der Waals surface area contributed by atoms with Crippen LogP contribution in [0.4, 0.5) is 0 Å². The van der Waals surface area contributed by atoms with E-state index in [0.29, 0.717) is 17.9 Å². The molecule has 7 heteroatoms. The lowest BCUT2D eigenvalue weighted by Crippen LogP contribution is -2.42. The first-order valence-corrected chi connectivity index (χ1v) is 11.5. The largest absolute Gasteiger partial charge is 0.487 e. The van der Waals surface area contributed by atoms with Gasteiger partial charge in [0.05, 0.1) is 22.3 Å². The van der Waals surface area contributed by atoms with Crippen LogP contribution in [-0.2, 0) is 17.8 Å². The van der Waals surface area contributed by atoms with Gasteiger partial charge in [0.2, 0.25) is 0 Å². The third-order valence-corrected chi connectivity index (χ3v) is 5.86. The van der Waals surface area contributed by atoms with Gasteiger partial charge >= 0.3 is 5.97 Å². The maximum atomic E-state index is 12.7. The average Bonchev–Trinajstić information content (AvgIpc) is 2.91. The molecule has 2 aromatic heterocycles. The Hall–Kier alpha value is -4.78. The number of carboxylic acid groups (broad SMARTS) is 1. The molecule has 36 heavy (non-hydrogen) atoms. The van der Waals surface area contributed by atoms with Crippen LogP contribution >= 0.6 is 0 Å². The van der Waals surface area contributed by atoms with Crippen LogP contribution in [0.3, 0.4) is 0 Å². The fourth-order valence-electron chi connectivity index (χ4n) is 3.94. The van der Waals surface area contributed by atoms with Crippen molar-refractivity contribution in [1.29, 1.82) is 0 Å². The van der Waals surface area contributed by atoms with Crippen molar-refractivity contribution in [1.82, 2.24) is 15.3 Å². The van der Waals surface area contributed by atoms with Crippen LogP contribution < -0.4 is 10.1 Å². The molecule has 1 atom stereocenters. The average molecular weight is 478 g/mol. The summed E-state index contributed by atoms with van der Waals surface area (Å²) >= 11 is 0. The number of hydrogen-bond acceptors (Lipinski definition) is 5. The number of nitrogens with one attached hydrogen (secondary N) is 1. The summed E-state index contributed by atoms with van der Waals surface area (Å²) in [6, 6.07) is 27.0. The van der Waals surface area contributed by atoms with Crippen molar-refractivity contribution >= 4 is 33.7 Å². The highest BCUT2D eigenvalue weighted by molar-refractivity contribution is 5.99. The second kappa shape index (κ2) is 10.2. The molecule has 1 unspecified atom stereocenters. The van der Waals surface area contributed by atoms with E-state index in [9.17, 15) is 14.7 Å². The van der Waals surface area contributed by atoms with Gasteiger partial charge < -0.3 is 15.2 Å². The molecule has 0 saturated heterocycles. The van der Waals surface area contributed by atoms with E-state index in [0.717, 1.165) is 33.1 Å². The summed E-state index contributed by atoms with van der Waals surface area (Å²) in [6.45, 7) is 0.317. The number of aliphatic carboxylic acids is 1. The zero-order chi connectivity index (χ0) is 24.9. The summed E-state index contributed by atoms with van der Waals surface area (Å²) in [4.78, 5) is 33.4. The summed E-state index contributed by atoms with van der Waals surface area (Å²) in [5.41, 5.74) is 3.56. The van der Waals surface area contributed by atoms with E-state index in [1.807, 2.05) is 60.7 Å². The summed E-state index contributed by atoms with van der Waals surface area (Å²) in [7, 11) is 0. The molecular weight excluding hydrogens is 454 g/mol. The summed E-state index contributed by atoms with van der Waals surface area (Å²) in [5.74, 6) is -0.949. The second-order valence-electron chi connectivity index (χ2n) is 8.41. The highest BCUT2D eigenvalue weighted by Crippen LogP contribution is 2.18. The minimum absolute atomic E-state index is 0.134. The standard InChI is InChI=1S/C29H23N3O4/c33-28(22-16-21-6-2-3-7-25(21)30-17-22)32-27(29(34)35)15-19-9-13-24(14-10-19)36-18-23-12-11-20-5-1-4-8-26(20)31-23/h1-14,16-17,27H,15,18H2,(H,32,33)(H,34,35). The molecule has 1 amide bonds. The zero-order valence-electron chi connectivity index (χ0n) is 19.3. The molecule has 0 spiro atoms. The topological polar surface area (TPSA) is 101 Å². The first-order chi connectivity index (χ1) is 17.5. The van der Waals surface area contributed by atoms with Gasteiger partial charge in [0.15, 0.2) is 0 Å². The molecule has 5 aromatic rings. The van der Waals surface area contributed by atoms with Crippen LogP contribution in [0.15, 0.2) is 97.2 Å². The van der Waals surface area contributed by atoms with Gasteiger partial charge in [-0.2, -0.15) is 0 Å². The highest BCUT2D eigenvalue weighted by atomic mass is 16.5. The molecule has 3 aromatic carbocycles. The van der Waals surface area contributed by atoms with Gasteiger partial charge in [-0.15, -0.1) is 0 Å². The van der Waals surface area contributed by atoms with Crippen LogP contribution in [0, 0.1) is 0 Å². The molecule has 0 aliphatic carbocycles. The Kier molecular flexibility index (Phi) is 6.53. The number of amides is 1. The molecule has 2 heterocycles. The van der Waals surface area contributed by atoms with E-state index in [2.05, 4.69) is 15.3 Å². The lowest BCUT2D eigenvalue weighted by molar-refractivity contribution is -0.139. The lowest BCUT2D eigenvalue weighted by atomic mass is 10.1. The molecule has 178 valence electrons. The highest BCUT2D eigenvalue weighted by Gasteiger charge is 2.21. The van der Waals surface area contributed by atoms with Crippen molar-refractivity contribution in [2.75, 3.05) is 0 Å². The van der Waals surface area contributed by atoms with E-state index in [1.54, 1.807) is 30.3 Å². The van der Waals surface area contributed by atoms with Gasteiger partial charge in [0.25, 0.3) is 5.91 Å². The molecule has 2 N–H and O–H groups in total. The Labute approximate surface area is 207 Å². The van der Waals surface area contributed by atoms with Gasteiger partial charge in [0, 0.05) is 23.4 Å². The number of carbonyl (C=O) groups is 2. The number of benzene rings is 3. The quantitative estimate of drug-likeness (QED) is 0.333. The molecule has 0 bridgehead atoms. The zero-order valence-corrected chi connectivity index (χ0v) is 19.3. The third kappa shape index (κ3) is 5.31. The van der Waals surface area contributed by atoms with Gasteiger partial charge in [-0.3, -0.25) is 9.78 Å². The Morgan fingerprint density at radius 3 is 2.36 bits per heavy atom. The molecule has 5 rings (SSSR count). The summed E-state index contributed by atoms with van der Waals surface area (Å²) in [5, 5.41) is 14.2. The van der Waals surface area contributed by atoms with E-state index in [4.69, 9.17) is 4.74 Å². The van der Waals surface area contributed by atoms with Crippen LogP contribution in [-0.4, -0.2) is 33.0 Å². The number of hydrogen-bond donors (Lipinski definition) is 2. The SMILES string of the molecule is O=C(NC(Cc1ccc(OCc2ccc3ccccc3n2)cc1)C(=O)O)c1cnc2ccccc2c1. The van der Waals surface area contributed by atoms with Crippen LogP contribution in [0.25, 0.3) is 21.8 Å². The number of carbonyl (C=O) groups excluding carboxylic acids is 1. The number of pyridine rings is 2. The Morgan fingerprint density at radius 2 is 1.58 bits per heavy atom. The minimum atomic E-state index is -1.11. The van der Waals surface area contributed by atoms with Crippen molar-refractivity contribution < 1.29 is 19.4 Å². The second-order valence-corrected chi connectivity index (χ2v) is 8.41.